The quantitative estimate of drug-likeness (QED) is 0.901. The van der Waals surface area contributed by atoms with Crippen molar-refractivity contribution in [2.75, 3.05) is 26.2 Å². The van der Waals surface area contributed by atoms with Crippen LogP contribution in [0, 0.1) is 5.82 Å². The minimum atomic E-state index is -0.173. The fraction of sp³-hybridized carbons (Fsp3) is 0.600. The first-order valence-electron chi connectivity index (χ1n) is 7.04. The van der Waals surface area contributed by atoms with Gasteiger partial charge in [-0.2, -0.15) is 0 Å². The van der Waals surface area contributed by atoms with Crippen LogP contribution in [0.4, 0.5) is 4.39 Å². The van der Waals surface area contributed by atoms with Gasteiger partial charge < -0.3 is 5.73 Å². The topological polar surface area (TPSA) is 32.5 Å². The number of hydrogen-bond acceptors (Lipinski definition) is 3. The Bertz CT molecular complexity index is 412. The maximum Gasteiger partial charge on any atom is 0.123 e. The molecule has 19 heavy (non-hydrogen) atoms. The molecule has 106 valence electrons. The van der Waals surface area contributed by atoms with E-state index in [0.29, 0.717) is 12.6 Å². The zero-order valence-corrected chi connectivity index (χ0v) is 11.9. The Hall–Kier alpha value is -0.970. The van der Waals surface area contributed by atoms with Gasteiger partial charge in [0.2, 0.25) is 0 Å². The van der Waals surface area contributed by atoms with Gasteiger partial charge in [-0.25, -0.2) is 4.39 Å². The smallest absolute Gasteiger partial charge is 0.123 e. The van der Waals surface area contributed by atoms with Crippen molar-refractivity contribution in [3.63, 3.8) is 0 Å². The molecule has 0 bridgehead atoms. The van der Waals surface area contributed by atoms with Crippen molar-refractivity contribution in [1.29, 1.82) is 0 Å². The number of hydrogen-bond donors (Lipinski definition) is 1. The molecule has 0 aliphatic carbocycles. The summed E-state index contributed by atoms with van der Waals surface area (Å²) in [7, 11) is 0. The standard InChI is InChI=1S/C15H24FN3/c1-12(2)19-7-5-18(6-8-19)11-14-9-15(16)4-3-13(14)10-17/h3-4,9,12H,5-8,10-11,17H2,1-2H3. The molecule has 1 fully saturated rings. The maximum absolute atomic E-state index is 13.3. The molecule has 2 rings (SSSR count). The molecule has 0 spiro atoms. The minimum absolute atomic E-state index is 0.173. The number of benzene rings is 1. The van der Waals surface area contributed by atoms with Gasteiger partial charge in [0.15, 0.2) is 0 Å². The highest BCUT2D eigenvalue weighted by Gasteiger charge is 2.19. The van der Waals surface area contributed by atoms with E-state index in [2.05, 4.69) is 23.6 Å². The predicted molar refractivity (Wildman–Crippen MR) is 76.3 cm³/mol. The first kappa shape index (κ1) is 14.4. The van der Waals surface area contributed by atoms with Crippen molar-refractivity contribution in [3.05, 3.63) is 35.1 Å². The third-order valence-electron chi connectivity index (χ3n) is 3.92. The molecule has 1 aliphatic heterocycles. The lowest BCUT2D eigenvalue weighted by molar-refractivity contribution is 0.104. The van der Waals surface area contributed by atoms with Crippen molar-refractivity contribution >= 4 is 0 Å². The lowest BCUT2D eigenvalue weighted by atomic mass is 10.1. The summed E-state index contributed by atoms with van der Waals surface area (Å²) < 4.78 is 13.3. The molecule has 1 aromatic rings. The fourth-order valence-corrected chi connectivity index (χ4v) is 2.62. The van der Waals surface area contributed by atoms with Crippen molar-refractivity contribution in [3.8, 4) is 0 Å². The molecule has 1 aromatic carbocycles. The molecule has 0 radical (unpaired) electrons. The van der Waals surface area contributed by atoms with Gasteiger partial charge in [0.25, 0.3) is 0 Å². The van der Waals surface area contributed by atoms with Crippen LogP contribution in [-0.2, 0) is 13.1 Å². The van der Waals surface area contributed by atoms with E-state index < -0.39 is 0 Å². The van der Waals surface area contributed by atoms with Crippen molar-refractivity contribution in [1.82, 2.24) is 9.80 Å². The number of nitrogens with zero attached hydrogens (tertiary/aromatic N) is 2. The molecule has 0 amide bonds. The second-order valence-corrected chi connectivity index (χ2v) is 5.52. The highest BCUT2D eigenvalue weighted by atomic mass is 19.1. The molecule has 1 aliphatic rings. The molecular weight excluding hydrogens is 241 g/mol. The second-order valence-electron chi connectivity index (χ2n) is 5.52. The molecule has 2 N–H and O–H groups in total. The Morgan fingerprint density at radius 2 is 1.84 bits per heavy atom. The Kier molecular flexibility index (Phi) is 4.91. The Morgan fingerprint density at radius 3 is 2.42 bits per heavy atom. The van der Waals surface area contributed by atoms with E-state index in [-0.39, 0.29) is 5.82 Å². The van der Waals surface area contributed by atoms with E-state index in [0.717, 1.165) is 43.9 Å². The summed E-state index contributed by atoms with van der Waals surface area (Å²) in [5, 5.41) is 0. The van der Waals surface area contributed by atoms with Crippen LogP contribution in [0.25, 0.3) is 0 Å². The second kappa shape index (κ2) is 6.46. The number of nitrogens with two attached hydrogens (primary N) is 1. The summed E-state index contributed by atoms with van der Waals surface area (Å²) in [4.78, 5) is 4.86. The normalized spacial score (nSPS) is 18.2. The van der Waals surface area contributed by atoms with Crippen molar-refractivity contribution in [2.45, 2.75) is 33.0 Å². The lowest BCUT2D eigenvalue weighted by Gasteiger charge is -2.37. The molecule has 0 saturated carbocycles. The summed E-state index contributed by atoms with van der Waals surface area (Å²) >= 11 is 0. The zero-order chi connectivity index (χ0) is 13.8. The van der Waals surface area contributed by atoms with E-state index >= 15 is 0 Å². The minimum Gasteiger partial charge on any atom is -0.326 e. The highest BCUT2D eigenvalue weighted by molar-refractivity contribution is 5.27. The van der Waals surface area contributed by atoms with Crippen LogP contribution in [-0.4, -0.2) is 42.0 Å². The molecule has 4 heteroatoms. The van der Waals surface area contributed by atoms with Crippen LogP contribution in [0.1, 0.15) is 25.0 Å². The highest BCUT2D eigenvalue weighted by Crippen LogP contribution is 2.15. The zero-order valence-electron chi connectivity index (χ0n) is 11.9. The van der Waals surface area contributed by atoms with Crippen LogP contribution in [0.15, 0.2) is 18.2 Å². The monoisotopic (exact) mass is 265 g/mol. The Balaban J connectivity index is 1.97. The molecule has 0 unspecified atom stereocenters. The number of piperazine rings is 1. The SMILES string of the molecule is CC(C)N1CCN(Cc2cc(F)ccc2CN)CC1. The molecular formula is C15H24FN3. The molecule has 1 saturated heterocycles. The molecule has 3 nitrogen and oxygen atoms in total. The third-order valence-corrected chi connectivity index (χ3v) is 3.92. The van der Waals surface area contributed by atoms with Gasteiger partial charge in [0, 0.05) is 45.3 Å². The van der Waals surface area contributed by atoms with Crippen molar-refractivity contribution < 1.29 is 4.39 Å². The van der Waals surface area contributed by atoms with Crippen LogP contribution >= 0.6 is 0 Å². The Morgan fingerprint density at radius 1 is 1.16 bits per heavy atom. The summed E-state index contributed by atoms with van der Waals surface area (Å²) in [6.45, 7) is 9.99. The van der Waals surface area contributed by atoms with E-state index in [1.54, 1.807) is 12.1 Å². The summed E-state index contributed by atoms with van der Waals surface area (Å²) in [6, 6.07) is 5.52. The van der Waals surface area contributed by atoms with Gasteiger partial charge in [-0.3, -0.25) is 9.80 Å². The van der Waals surface area contributed by atoms with E-state index in [4.69, 9.17) is 5.73 Å². The molecule has 1 heterocycles. The van der Waals surface area contributed by atoms with Gasteiger partial charge >= 0.3 is 0 Å². The van der Waals surface area contributed by atoms with Crippen LogP contribution < -0.4 is 5.73 Å². The van der Waals surface area contributed by atoms with Gasteiger partial charge in [-0.1, -0.05) is 6.07 Å². The van der Waals surface area contributed by atoms with E-state index in [1.165, 1.54) is 6.07 Å². The molecule has 0 aromatic heterocycles. The van der Waals surface area contributed by atoms with Gasteiger partial charge in [0.05, 0.1) is 0 Å². The maximum atomic E-state index is 13.3. The average molecular weight is 265 g/mol. The van der Waals surface area contributed by atoms with Crippen molar-refractivity contribution in [2.24, 2.45) is 5.73 Å². The van der Waals surface area contributed by atoms with Gasteiger partial charge in [-0.15, -0.1) is 0 Å². The van der Waals surface area contributed by atoms with Crippen LogP contribution in [0.5, 0.6) is 0 Å². The predicted octanol–water partition coefficient (Wildman–Crippen LogP) is 1.81. The number of rotatable bonds is 4. The third kappa shape index (κ3) is 3.75. The average Bonchev–Trinajstić information content (AvgIpc) is 2.39. The van der Waals surface area contributed by atoms with Crippen LogP contribution in [0.2, 0.25) is 0 Å². The van der Waals surface area contributed by atoms with Crippen LogP contribution in [0.3, 0.4) is 0 Å². The molecule has 0 atom stereocenters. The summed E-state index contributed by atoms with van der Waals surface area (Å²) in [5.74, 6) is -0.173. The van der Waals surface area contributed by atoms with E-state index in [9.17, 15) is 4.39 Å². The summed E-state index contributed by atoms with van der Waals surface area (Å²) in [5.41, 5.74) is 7.80. The fourth-order valence-electron chi connectivity index (χ4n) is 2.62. The first-order valence-corrected chi connectivity index (χ1v) is 7.04. The first-order chi connectivity index (χ1) is 9.10. The summed E-state index contributed by atoms with van der Waals surface area (Å²) in [6.07, 6.45) is 0. The van der Waals surface area contributed by atoms with Gasteiger partial charge in [0.1, 0.15) is 5.82 Å². The Labute approximate surface area is 115 Å². The van der Waals surface area contributed by atoms with Gasteiger partial charge in [-0.05, 0) is 37.1 Å². The lowest BCUT2D eigenvalue weighted by Crippen LogP contribution is -2.48. The largest absolute Gasteiger partial charge is 0.326 e. The van der Waals surface area contributed by atoms with E-state index in [1.807, 2.05) is 0 Å². The number of halogens is 1.